The molecule has 1 aromatic heterocycles. The van der Waals surface area contributed by atoms with Crippen LogP contribution in [0.1, 0.15) is 32.3 Å². The number of hydrogen-bond donors (Lipinski definition) is 2. The Morgan fingerprint density at radius 2 is 2.00 bits per heavy atom. The van der Waals surface area contributed by atoms with E-state index in [-0.39, 0.29) is 6.61 Å². The molecule has 0 saturated heterocycles. The Labute approximate surface area is 108 Å². The number of rotatable bonds is 6. The van der Waals surface area contributed by atoms with E-state index in [9.17, 15) is 5.11 Å². The Morgan fingerprint density at radius 1 is 1.22 bits per heavy atom. The van der Waals surface area contributed by atoms with Gasteiger partial charge in [0.05, 0.1) is 13.3 Å². The maximum atomic E-state index is 9.31. The Kier molecular flexibility index (Phi) is 4.39. The highest BCUT2D eigenvalue weighted by atomic mass is 16.3. The third-order valence-corrected chi connectivity index (χ3v) is 3.61. The zero-order valence-corrected chi connectivity index (χ0v) is 11.2. The van der Waals surface area contributed by atoms with Crippen molar-refractivity contribution in [1.82, 2.24) is 9.88 Å². The van der Waals surface area contributed by atoms with E-state index in [1.54, 1.807) is 0 Å². The molecule has 2 rings (SSSR count). The number of nitrogens with one attached hydrogen (secondary N) is 1. The van der Waals surface area contributed by atoms with E-state index in [1.165, 1.54) is 5.52 Å². The van der Waals surface area contributed by atoms with Crippen LogP contribution in [-0.4, -0.2) is 15.7 Å². The molecular weight excluding hydrogens is 224 g/mol. The normalized spacial score (nSPS) is 11.6. The van der Waals surface area contributed by atoms with Crippen molar-refractivity contribution >= 4 is 10.9 Å². The number of nitrogens with zero attached hydrogens (tertiary/aromatic N) is 1. The number of benzene rings is 1. The van der Waals surface area contributed by atoms with E-state index in [0.29, 0.717) is 6.04 Å². The van der Waals surface area contributed by atoms with Gasteiger partial charge in [0.2, 0.25) is 0 Å². The van der Waals surface area contributed by atoms with E-state index in [4.69, 9.17) is 0 Å². The van der Waals surface area contributed by atoms with Gasteiger partial charge in [0.25, 0.3) is 0 Å². The van der Waals surface area contributed by atoms with E-state index < -0.39 is 0 Å². The summed E-state index contributed by atoms with van der Waals surface area (Å²) in [5, 5.41) is 14.0. The van der Waals surface area contributed by atoms with Crippen LogP contribution in [-0.2, 0) is 13.3 Å². The monoisotopic (exact) mass is 246 g/mol. The van der Waals surface area contributed by atoms with Crippen LogP contribution in [0, 0.1) is 0 Å². The molecule has 0 atom stereocenters. The number of aromatic nitrogens is 1. The average Bonchev–Trinajstić information content (AvgIpc) is 2.83. The molecule has 1 aromatic carbocycles. The molecule has 3 heteroatoms. The Balaban J connectivity index is 2.19. The van der Waals surface area contributed by atoms with Crippen LogP contribution in [0.2, 0.25) is 0 Å². The second-order valence-corrected chi connectivity index (χ2v) is 4.67. The van der Waals surface area contributed by atoms with Gasteiger partial charge in [-0.15, -0.1) is 0 Å². The molecule has 0 aliphatic heterocycles. The highest BCUT2D eigenvalue weighted by molar-refractivity contribution is 5.83. The van der Waals surface area contributed by atoms with Gasteiger partial charge < -0.3 is 9.67 Å². The van der Waals surface area contributed by atoms with Crippen molar-refractivity contribution in [3.8, 4) is 0 Å². The summed E-state index contributed by atoms with van der Waals surface area (Å²) in [4.78, 5) is 0. The largest absolute Gasteiger partial charge is 0.392 e. The molecule has 0 spiro atoms. The van der Waals surface area contributed by atoms with Crippen molar-refractivity contribution in [1.29, 1.82) is 0 Å². The summed E-state index contributed by atoms with van der Waals surface area (Å²) in [6, 6.07) is 8.73. The molecule has 0 aliphatic rings. The molecule has 0 saturated carbocycles. The molecule has 0 aliphatic carbocycles. The highest BCUT2D eigenvalue weighted by Crippen LogP contribution is 2.20. The minimum absolute atomic E-state index is 0.0985. The number of hydrogen-bond acceptors (Lipinski definition) is 2. The molecule has 1 heterocycles. The van der Waals surface area contributed by atoms with Gasteiger partial charge in [-0.1, -0.05) is 26.0 Å². The minimum Gasteiger partial charge on any atom is -0.392 e. The van der Waals surface area contributed by atoms with Crippen LogP contribution < -0.4 is 5.32 Å². The van der Waals surface area contributed by atoms with Gasteiger partial charge in [-0.3, -0.25) is 5.32 Å². The summed E-state index contributed by atoms with van der Waals surface area (Å²) < 4.78 is 2.20. The van der Waals surface area contributed by atoms with E-state index in [0.717, 1.165) is 30.5 Å². The number of aliphatic hydroxyl groups is 1. The average molecular weight is 246 g/mol. The first-order valence-corrected chi connectivity index (χ1v) is 6.71. The van der Waals surface area contributed by atoms with Crippen molar-refractivity contribution in [3.05, 3.63) is 36.0 Å². The molecular formula is C15H22N2O. The lowest BCUT2D eigenvalue weighted by molar-refractivity contribution is 0.283. The first-order chi connectivity index (χ1) is 8.80. The minimum atomic E-state index is 0.0985. The van der Waals surface area contributed by atoms with E-state index in [2.05, 4.69) is 42.1 Å². The molecule has 2 N–H and O–H groups in total. The van der Waals surface area contributed by atoms with Gasteiger partial charge in [-0.2, -0.15) is 0 Å². The molecule has 3 nitrogen and oxygen atoms in total. The van der Waals surface area contributed by atoms with E-state index in [1.807, 2.05) is 12.1 Å². The van der Waals surface area contributed by atoms with Crippen molar-refractivity contribution in [2.75, 3.05) is 0 Å². The Hall–Kier alpha value is -1.32. The summed E-state index contributed by atoms with van der Waals surface area (Å²) in [6.07, 6.45) is 4.38. The summed E-state index contributed by atoms with van der Waals surface area (Å²) in [6.45, 7) is 5.34. The van der Waals surface area contributed by atoms with Gasteiger partial charge in [-0.25, -0.2) is 0 Å². The fourth-order valence-corrected chi connectivity index (χ4v) is 2.37. The van der Waals surface area contributed by atoms with E-state index >= 15 is 0 Å². The molecule has 18 heavy (non-hydrogen) atoms. The fraction of sp³-hybridized carbons (Fsp3) is 0.467. The van der Waals surface area contributed by atoms with Crippen molar-refractivity contribution in [2.45, 2.75) is 46.0 Å². The second-order valence-electron chi connectivity index (χ2n) is 4.67. The summed E-state index contributed by atoms with van der Waals surface area (Å²) in [5.74, 6) is 0. The molecule has 98 valence electrons. The van der Waals surface area contributed by atoms with Crippen LogP contribution in [0.15, 0.2) is 30.5 Å². The van der Waals surface area contributed by atoms with Crippen molar-refractivity contribution < 1.29 is 5.11 Å². The van der Waals surface area contributed by atoms with Gasteiger partial charge in [-0.05, 0) is 30.5 Å². The lowest BCUT2D eigenvalue weighted by Gasteiger charge is -2.16. The lowest BCUT2D eigenvalue weighted by Crippen LogP contribution is -2.29. The first kappa shape index (κ1) is 13.1. The molecule has 0 bridgehead atoms. The third kappa shape index (κ3) is 2.57. The highest BCUT2D eigenvalue weighted by Gasteiger charge is 2.06. The predicted octanol–water partition coefficient (Wildman–Crippen LogP) is 2.87. The zero-order chi connectivity index (χ0) is 13.0. The smallest absolute Gasteiger partial charge is 0.0728 e. The summed E-state index contributed by atoms with van der Waals surface area (Å²) in [5.41, 5.74) is 2.17. The fourth-order valence-electron chi connectivity index (χ4n) is 2.37. The number of fused-ring (bicyclic) bond motifs is 1. The zero-order valence-electron chi connectivity index (χ0n) is 11.2. The molecule has 0 unspecified atom stereocenters. The van der Waals surface area contributed by atoms with Crippen LogP contribution in [0.3, 0.4) is 0 Å². The quantitative estimate of drug-likeness (QED) is 0.822. The molecule has 0 amide bonds. The molecule has 0 fully saturated rings. The summed E-state index contributed by atoms with van der Waals surface area (Å²) >= 11 is 0. The Bertz CT molecular complexity index is 500. The second kappa shape index (κ2) is 6.03. The molecule has 2 aromatic rings. The van der Waals surface area contributed by atoms with Gasteiger partial charge in [0.1, 0.15) is 0 Å². The lowest BCUT2D eigenvalue weighted by atomic mass is 10.1. The van der Waals surface area contributed by atoms with Crippen LogP contribution >= 0.6 is 0 Å². The van der Waals surface area contributed by atoms with Crippen molar-refractivity contribution in [2.24, 2.45) is 0 Å². The third-order valence-electron chi connectivity index (χ3n) is 3.61. The van der Waals surface area contributed by atoms with Crippen LogP contribution in [0.25, 0.3) is 10.9 Å². The van der Waals surface area contributed by atoms with Crippen LogP contribution in [0.5, 0.6) is 0 Å². The topological polar surface area (TPSA) is 37.2 Å². The summed E-state index contributed by atoms with van der Waals surface area (Å²) in [7, 11) is 0. The Morgan fingerprint density at radius 3 is 2.67 bits per heavy atom. The maximum Gasteiger partial charge on any atom is 0.0728 e. The SMILES string of the molecule is CCC(CC)NCn1ccc2c(CO)cccc21. The van der Waals surface area contributed by atoms with Gasteiger partial charge >= 0.3 is 0 Å². The standard InChI is InChI=1S/C15H22N2O/c1-3-13(4-2)16-11-17-9-8-14-12(10-18)6-5-7-15(14)17/h5-9,13,16,18H,3-4,10-11H2,1-2H3. The van der Waals surface area contributed by atoms with Gasteiger partial charge in [0.15, 0.2) is 0 Å². The molecule has 0 radical (unpaired) electrons. The maximum absolute atomic E-state index is 9.31. The van der Waals surface area contributed by atoms with Crippen molar-refractivity contribution in [3.63, 3.8) is 0 Å². The number of aliphatic hydroxyl groups excluding tert-OH is 1. The predicted molar refractivity (Wildman–Crippen MR) is 75.4 cm³/mol. The van der Waals surface area contributed by atoms with Gasteiger partial charge in [0, 0.05) is 23.1 Å². The van der Waals surface area contributed by atoms with Crippen LogP contribution in [0.4, 0.5) is 0 Å². The first-order valence-electron chi connectivity index (χ1n) is 6.71.